The van der Waals surface area contributed by atoms with Crippen molar-refractivity contribution in [2.24, 2.45) is 0 Å². The molecule has 1 amide bonds. The Kier molecular flexibility index (Phi) is 4.36. The highest BCUT2D eigenvalue weighted by atomic mass is 32.1. The van der Waals surface area contributed by atoms with Crippen LogP contribution in [0.15, 0.2) is 65.8 Å². The SMILES string of the molecule is C=CCN1C(=O)C(O)=C(C(=O)c2cccs2)[C@@H]1c1ccc(C)cc1. The molecule has 2 aromatic rings. The first-order chi connectivity index (χ1) is 11.5. The molecule has 0 radical (unpaired) electrons. The summed E-state index contributed by atoms with van der Waals surface area (Å²) < 4.78 is 0. The molecule has 1 N–H and O–H groups in total. The third-order valence-electron chi connectivity index (χ3n) is 4.01. The Morgan fingerprint density at radius 2 is 2.04 bits per heavy atom. The molecular weight excluding hydrogens is 322 g/mol. The number of aliphatic hydroxyl groups excluding tert-OH is 1. The van der Waals surface area contributed by atoms with Gasteiger partial charge < -0.3 is 10.0 Å². The maximum absolute atomic E-state index is 12.9. The van der Waals surface area contributed by atoms with E-state index >= 15 is 0 Å². The van der Waals surface area contributed by atoms with Gasteiger partial charge in [-0.2, -0.15) is 0 Å². The van der Waals surface area contributed by atoms with Gasteiger partial charge in [-0.25, -0.2) is 0 Å². The Balaban J connectivity index is 2.11. The van der Waals surface area contributed by atoms with E-state index in [-0.39, 0.29) is 17.9 Å². The highest BCUT2D eigenvalue weighted by Crippen LogP contribution is 2.39. The highest BCUT2D eigenvalue weighted by Gasteiger charge is 2.43. The number of thiophene rings is 1. The van der Waals surface area contributed by atoms with Gasteiger partial charge in [-0.15, -0.1) is 17.9 Å². The molecule has 0 saturated carbocycles. The molecule has 1 atom stereocenters. The lowest BCUT2D eigenvalue weighted by Crippen LogP contribution is -2.31. The van der Waals surface area contributed by atoms with Gasteiger partial charge in [0.15, 0.2) is 5.76 Å². The van der Waals surface area contributed by atoms with Crippen LogP contribution < -0.4 is 0 Å². The number of benzene rings is 1. The third kappa shape index (κ3) is 2.67. The number of aliphatic hydroxyl groups is 1. The van der Waals surface area contributed by atoms with Crippen molar-refractivity contribution in [3.05, 3.63) is 81.8 Å². The van der Waals surface area contributed by atoms with E-state index in [2.05, 4.69) is 6.58 Å². The van der Waals surface area contributed by atoms with Gasteiger partial charge in [-0.3, -0.25) is 9.59 Å². The quantitative estimate of drug-likeness (QED) is 0.665. The topological polar surface area (TPSA) is 57.6 Å². The van der Waals surface area contributed by atoms with Crippen molar-refractivity contribution in [1.29, 1.82) is 0 Å². The molecule has 1 aromatic carbocycles. The smallest absolute Gasteiger partial charge is 0.290 e. The zero-order chi connectivity index (χ0) is 17.3. The maximum atomic E-state index is 12.9. The molecule has 0 bridgehead atoms. The molecule has 1 aromatic heterocycles. The first-order valence-electron chi connectivity index (χ1n) is 7.54. The van der Waals surface area contributed by atoms with Crippen LogP contribution in [0, 0.1) is 6.92 Å². The Morgan fingerprint density at radius 1 is 1.33 bits per heavy atom. The summed E-state index contributed by atoms with van der Waals surface area (Å²) in [6, 6.07) is 10.5. The van der Waals surface area contributed by atoms with Gasteiger partial charge >= 0.3 is 0 Å². The summed E-state index contributed by atoms with van der Waals surface area (Å²) in [5.74, 6) is -1.32. The van der Waals surface area contributed by atoms with E-state index in [0.29, 0.717) is 4.88 Å². The number of rotatable bonds is 5. The van der Waals surface area contributed by atoms with Crippen LogP contribution in [0.2, 0.25) is 0 Å². The molecule has 1 aliphatic rings. The van der Waals surface area contributed by atoms with Crippen molar-refractivity contribution >= 4 is 23.0 Å². The maximum Gasteiger partial charge on any atom is 0.290 e. The minimum absolute atomic E-state index is 0.133. The zero-order valence-corrected chi connectivity index (χ0v) is 14.0. The number of hydrogen-bond acceptors (Lipinski definition) is 4. The predicted molar refractivity (Wildman–Crippen MR) is 94.1 cm³/mol. The molecule has 1 aliphatic heterocycles. The van der Waals surface area contributed by atoms with E-state index in [1.807, 2.05) is 31.2 Å². The van der Waals surface area contributed by atoms with Crippen LogP contribution in [0.3, 0.4) is 0 Å². The normalized spacial score (nSPS) is 17.5. The van der Waals surface area contributed by atoms with Crippen molar-refractivity contribution in [2.75, 3.05) is 6.54 Å². The van der Waals surface area contributed by atoms with Crippen LogP contribution in [0.25, 0.3) is 0 Å². The molecule has 0 saturated heterocycles. The Morgan fingerprint density at radius 3 is 2.62 bits per heavy atom. The minimum atomic E-state index is -0.606. The van der Waals surface area contributed by atoms with Gasteiger partial charge in [0.1, 0.15) is 0 Å². The second-order valence-electron chi connectivity index (χ2n) is 5.63. The van der Waals surface area contributed by atoms with Gasteiger partial charge in [-0.1, -0.05) is 42.0 Å². The van der Waals surface area contributed by atoms with E-state index in [4.69, 9.17) is 0 Å². The molecule has 24 heavy (non-hydrogen) atoms. The van der Waals surface area contributed by atoms with E-state index in [1.165, 1.54) is 16.2 Å². The average molecular weight is 339 g/mol. The van der Waals surface area contributed by atoms with Crippen molar-refractivity contribution in [3.63, 3.8) is 0 Å². The minimum Gasteiger partial charge on any atom is -0.503 e. The molecule has 0 aliphatic carbocycles. The summed E-state index contributed by atoms with van der Waals surface area (Å²) in [5.41, 5.74) is 2.01. The van der Waals surface area contributed by atoms with E-state index in [9.17, 15) is 14.7 Å². The van der Waals surface area contributed by atoms with Gasteiger partial charge in [0, 0.05) is 6.54 Å². The largest absolute Gasteiger partial charge is 0.503 e. The zero-order valence-electron chi connectivity index (χ0n) is 13.2. The lowest BCUT2D eigenvalue weighted by molar-refractivity contribution is -0.128. The number of aryl methyl sites for hydroxylation is 1. The van der Waals surface area contributed by atoms with Crippen LogP contribution >= 0.6 is 11.3 Å². The standard InChI is InChI=1S/C19H17NO3S/c1-3-10-20-16(13-8-6-12(2)7-9-13)15(18(22)19(20)23)17(21)14-5-4-11-24-14/h3-9,11,16,22H,1,10H2,2H3/t16-/m0/s1. The summed E-state index contributed by atoms with van der Waals surface area (Å²) in [6.07, 6.45) is 1.59. The molecule has 0 fully saturated rings. The molecule has 0 unspecified atom stereocenters. The van der Waals surface area contributed by atoms with Crippen LogP contribution in [-0.2, 0) is 4.79 Å². The van der Waals surface area contributed by atoms with Gasteiger partial charge in [0.05, 0.1) is 16.5 Å². The fraction of sp³-hybridized carbons (Fsp3) is 0.158. The second-order valence-corrected chi connectivity index (χ2v) is 6.58. The number of nitrogens with zero attached hydrogens (tertiary/aromatic N) is 1. The average Bonchev–Trinajstić information content (AvgIpc) is 3.19. The van der Waals surface area contributed by atoms with Crippen molar-refractivity contribution < 1.29 is 14.7 Å². The number of amides is 1. The number of hydrogen-bond donors (Lipinski definition) is 1. The summed E-state index contributed by atoms with van der Waals surface area (Å²) in [5, 5.41) is 12.1. The molecule has 5 heteroatoms. The van der Waals surface area contributed by atoms with Crippen molar-refractivity contribution in [2.45, 2.75) is 13.0 Å². The van der Waals surface area contributed by atoms with Crippen LogP contribution in [-0.4, -0.2) is 28.2 Å². The Bertz CT molecular complexity index is 819. The van der Waals surface area contributed by atoms with Crippen LogP contribution in [0.4, 0.5) is 0 Å². The first-order valence-corrected chi connectivity index (χ1v) is 8.42. The first kappa shape index (κ1) is 16.2. The van der Waals surface area contributed by atoms with Gasteiger partial charge in [-0.05, 0) is 23.9 Å². The third-order valence-corrected chi connectivity index (χ3v) is 4.88. The predicted octanol–water partition coefficient (Wildman–Crippen LogP) is 3.82. The summed E-state index contributed by atoms with van der Waals surface area (Å²) in [6.45, 7) is 5.89. The summed E-state index contributed by atoms with van der Waals surface area (Å²) in [4.78, 5) is 27.3. The molecule has 122 valence electrons. The van der Waals surface area contributed by atoms with Crippen LogP contribution in [0.5, 0.6) is 0 Å². The lowest BCUT2D eigenvalue weighted by atomic mass is 9.95. The number of ketones is 1. The molecular formula is C19H17NO3S. The van der Waals surface area contributed by atoms with Crippen molar-refractivity contribution in [3.8, 4) is 0 Å². The molecule has 0 spiro atoms. The van der Waals surface area contributed by atoms with Gasteiger partial charge in [0.2, 0.25) is 5.78 Å². The molecule has 4 nitrogen and oxygen atoms in total. The monoisotopic (exact) mass is 339 g/mol. The molecule has 3 rings (SSSR count). The number of carbonyl (C=O) groups excluding carboxylic acids is 2. The summed E-state index contributed by atoms with van der Waals surface area (Å²) >= 11 is 1.29. The highest BCUT2D eigenvalue weighted by molar-refractivity contribution is 7.12. The lowest BCUT2D eigenvalue weighted by Gasteiger charge is -2.25. The fourth-order valence-electron chi connectivity index (χ4n) is 2.85. The summed E-state index contributed by atoms with van der Waals surface area (Å²) in [7, 11) is 0. The fourth-order valence-corrected chi connectivity index (χ4v) is 3.53. The molecule has 2 heterocycles. The second kappa shape index (κ2) is 6.45. The van der Waals surface area contributed by atoms with E-state index < -0.39 is 17.7 Å². The van der Waals surface area contributed by atoms with E-state index in [0.717, 1.165) is 11.1 Å². The number of carbonyl (C=O) groups is 2. The Hall–Kier alpha value is -2.66. The van der Waals surface area contributed by atoms with Crippen LogP contribution in [0.1, 0.15) is 26.8 Å². The van der Waals surface area contributed by atoms with E-state index in [1.54, 1.807) is 23.6 Å². The number of Topliss-reactive ketones (excluding diaryl/α,β-unsaturated/α-hetero) is 1. The Labute approximate surface area is 144 Å². The van der Waals surface area contributed by atoms with Crippen molar-refractivity contribution in [1.82, 2.24) is 4.90 Å². The van der Waals surface area contributed by atoms with Gasteiger partial charge in [0.25, 0.3) is 5.91 Å².